The Balaban J connectivity index is 2.40. The Kier molecular flexibility index (Phi) is 3.60. The number of thiophene rings is 1. The van der Waals surface area contributed by atoms with E-state index in [1.807, 2.05) is 0 Å². The third-order valence-electron chi connectivity index (χ3n) is 2.03. The summed E-state index contributed by atoms with van der Waals surface area (Å²) in [7, 11) is -3.84. The highest BCUT2D eigenvalue weighted by atomic mass is 79.9. The summed E-state index contributed by atoms with van der Waals surface area (Å²) in [5.74, 6) is -0.983. The Labute approximate surface area is 115 Å². The standard InChI is InChI=1S/C10H7BrFNO3S2/c11-7-3-4-17-10(7)18(15,16)13-8-5-6(12)1-2-9(8)14/h1-5,13-14H. The molecule has 0 aliphatic heterocycles. The second-order valence-electron chi connectivity index (χ2n) is 3.32. The zero-order valence-corrected chi connectivity index (χ0v) is 11.9. The van der Waals surface area contributed by atoms with E-state index in [0.29, 0.717) is 4.47 Å². The van der Waals surface area contributed by atoms with Crippen LogP contribution in [0.15, 0.2) is 38.3 Å². The second-order valence-corrected chi connectivity index (χ2v) is 6.97. The lowest BCUT2D eigenvalue weighted by atomic mass is 10.3. The van der Waals surface area contributed by atoms with Crippen LogP contribution in [0.3, 0.4) is 0 Å². The molecule has 2 rings (SSSR count). The Morgan fingerprint density at radius 3 is 2.67 bits per heavy atom. The smallest absolute Gasteiger partial charge is 0.272 e. The Morgan fingerprint density at radius 1 is 1.33 bits per heavy atom. The number of halogens is 2. The Morgan fingerprint density at radius 2 is 2.06 bits per heavy atom. The molecule has 4 nitrogen and oxygen atoms in total. The van der Waals surface area contributed by atoms with Crippen LogP contribution in [0.25, 0.3) is 0 Å². The van der Waals surface area contributed by atoms with Crippen LogP contribution in [-0.2, 0) is 10.0 Å². The largest absolute Gasteiger partial charge is 0.506 e. The lowest BCUT2D eigenvalue weighted by Crippen LogP contribution is -2.12. The molecule has 0 bridgehead atoms. The molecule has 0 fully saturated rings. The van der Waals surface area contributed by atoms with E-state index in [4.69, 9.17) is 0 Å². The summed E-state index contributed by atoms with van der Waals surface area (Å²) in [5, 5.41) is 11.1. The van der Waals surface area contributed by atoms with Gasteiger partial charge in [0.1, 0.15) is 11.6 Å². The number of hydrogen-bond donors (Lipinski definition) is 2. The highest BCUT2D eigenvalue weighted by Crippen LogP contribution is 2.31. The molecule has 0 aliphatic carbocycles. The van der Waals surface area contributed by atoms with Crippen molar-refractivity contribution in [3.8, 4) is 5.75 Å². The minimum Gasteiger partial charge on any atom is -0.506 e. The van der Waals surface area contributed by atoms with Crippen molar-refractivity contribution >= 4 is 43.0 Å². The first-order valence-corrected chi connectivity index (χ1v) is 7.80. The first-order valence-electron chi connectivity index (χ1n) is 4.64. The zero-order valence-electron chi connectivity index (χ0n) is 8.72. The summed E-state index contributed by atoms with van der Waals surface area (Å²) in [6, 6.07) is 4.61. The van der Waals surface area contributed by atoms with E-state index in [1.54, 1.807) is 11.4 Å². The lowest BCUT2D eigenvalue weighted by Gasteiger charge is -2.08. The summed E-state index contributed by atoms with van der Waals surface area (Å²) >= 11 is 4.12. The molecule has 0 aliphatic rings. The molecule has 1 heterocycles. The van der Waals surface area contributed by atoms with Crippen molar-refractivity contribution in [2.45, 2.75) is 4.21 Å². The SMILES string of the molecule is O=S(=O)(Nc1cc(F)ccc1O)c1sccc1Br. The number of sulfonamides is 1. The predicted molar refractivity (Wildman–Crippen MR) is 70.9 cm³/mol. The van der Waals surface area contributed by atoms with E-state index in [9.17, 15) is 17.9 Å². The quantitative estimate of drug-likeness (QED) is 0.834. The second kappa shape index (κ2) is 4.87. The number of aromatic hydroxyl groups is 1. The third-order valence-corrected chi connectivity index (χ3v) is 6.07. The maximum absolute atomic E-state index is 13.0. The van der Waals surface area contributed by atoms with Crippen LogP contribution >= 0.6 is 27.3 Å². The van der Waals surface area contributed by atoms with Crippen LogP contribution in [0.2, 0.25) is 0 Å². The van der Waals surface area contributed by atoms with Crippen molar-refractivity contribution in [2.24, 2.45) is 0 Å². The van der Waals surface area contributed by atoms with Crippen molar-refractivity contribution in [3.63, 3.8) is 0 Å². The van der Waals surface area contributed by atoms with Crippen LogP contribution in [0, 0.1) is 5.82 Å². The molecule has 18 heavy (non-hydrogen) atoms. The zero-order chi connectivity index (χ0) is 13.3. The van der Waals surface area contributed by atoms with Gasteiger partial charge >= 0.3 is 0 Å². The van der Waals surface area contributed by atoms with Crippen molar-refractivity contribution in [1.29, 1.82) is 0 Å². The lowest BCUT2D eigenvalue weighted by molar-refractivity contribution is 0.475. The van der Waals surface area contributed by atoms with E-state index >= 15 is 0 Å². The molecule has 0 amide bonds. The van der Waals surface area contributed by atoms with Gasteiger partial charge in [0.2, 0.25) is 0 Å². The Bertz CT molecular complexity index is 684. The number of phenols is 1. The van der Waals surface area contributed by atoms with Gasteiger partial charge in [-0.15, -0.1) is 11.3 Å². The predicted octanol–water partition coefficient (Wildman–Crippen LogP) is 3.16. The van der Waals surface area contributed by atoms with Gasteiger partial charge in [-0.05, 0) is 39.5 Å². The molecular formula is C10H7BrFNO3S2. The van der Waals surface area contributed by atoms with Crippen molar-refractivity contribution in [2.75, 3.05) is 4.72 Å². The molecule has 0 unspecified atom stereocenters. The molecule has 1 aromatic heterocycles. The minimum atomic E-state index is -3.84. The summed E-state index contributed by atoms with van der Waals surface area (Å²) < 4.78 is 39.6. The van der Waals surface area contributed by atoms with Crippen molar-refractivity contribution < 1.29 is 17.9 Å². The van der Waals surface area contributed by atoms with Gasteiger partial charge in [0.25, 0.3) is 10.0 Å². The van der Waals surface area contributed by atoms with Gasteiger partial charge < -0.3 is 5.11 Å². The van der Waals surface area contributed by atoms with Gasteiger partial charge in [0.15, 0.2) is 4.21 Å². The van der Waals surface area contributed by atoms with E-state index in [1.165, 1.54) is 0 Å². The van der Waals surface area contributed by atoms with Crippen LogP contribution in [-0.4, -0.2) is 13.5 Å². The number of hydrogen-bond acceptors (Lipinski definition) is 4. The van der Waals surface area contributed by atoms with E-state index in [0.717, 1.165) is 29.5 Å². The number of benzene rings is 1. The fraction of sp³-hybridized carbons (Fsp3) is 0. The average molecular weight is 352 g/mol. The van der Waals surface area contributed by atoms with E-state index in [-0.39, 0.29) is 15.6 Å². The fourth-order valence-electron chi connectivity index (χ4n) is 1.25. The summed E-state index contributed by atoms with van der Waals surface area (Å²) in [4.78, 5) is 0. The average Bonchev–Trinajstić information content (AvgIpc) is 2.70. The number of anilines is 1. The van der Waals surface area contributed by atoms with Gasteiger partial charge in [0.05, 0.1) is 5.69 Å². The molecule has 0 radical (unpaired) electrons. The van der Waals surface area contributed by atoms with E-state index < -0.39 is 15.8 Å². The number of phenolic OH excluding ortho intramolecular Hbond substituents is 1. The molecule has 0 spiro atoms. The van der Waals surface area contributed by atoms with Crippen LogP contribution < -0.4 is 4.72 Å². The molecule has 0 saturated carbocycles. The Hall–Kier alpha value is -1.12. The maximum Gasteiger partial charge on any atom is 0.272 e. The maximum atomic E-state index is 13.0. The van der Waals surface area contributed by atoms with Gasteiger partial charge in [0, 0.05) is 10.5 Å². The number of rotatable bonds is 3. The number of nitrogens with one attached hydrogen (secondary N) is 1. The molecule has 2 N–H and O–H groups in total. The third kappa shape index (κ3) is 2.65. The fourth-order valence-corrected chi connectivity index (χ4v) is 4.66. The molecule has 2 aromatic rings. The van der Waals surface area contributed by atoms with Gasteiger partial charge in [-0.3, -0.25) is 4.72 Å². The minimum absolute atomic E-state index is 0.0613. The van der Waals surface area contributed by atoms with Crippen LogP contribution in [0.1, 0.15) is 0 Å². The monoisotopic (exact) mass is 351 g/mol. The highest BCUT2D eigenvalue weighted by Gasteiger charge is 2.20. The summed E-state index contributed by atoms with van der Waals surface area (Å²) in [6.45, 7) is 0. The topological polar surface area (TPSA) is 66.4 Å². The first-order chi connectivity index (χ1) is 8.40. The van der Waals surface area contributed by atoms with Crippen molar-refractivity contribution in [3.05, 3.63) is 39.9 Å². The van der Waals surface area contributed by atoms with Gasteiger partial charge in [-0.1, -0.05) is 0 Å². The highest BCUT2D eigenvalue weighted by molar-refractivity contribution is 9.10. The van der Waals surface area contributed by atoms with Crippen LogP contribution in [0.4, 0.5) is 10.1 Å². The first kappa shape index (κ1) is 13.3. The molecular weight excluding hydrogens is 345 g/mol. The molecule has 96 valence electrons. The molecule has 1 aromatic carbocycles. The molecule has 0 saturated heterocycles. The van der Waals surface area contributed by atoms with Gasteiger partial charge in [-0.2, -0.15) is 0 Å². The summed E-state index contributed by atoms with van der Waals surface area (Å²) in [6.07, 6.45) is 0. The summed E-state index contributed by atoms with van der Waals surface area (Å²) in [5.41, 5.74) is -0.199. The van der Waals surface area contributed by atoms with Crippen molar-refractivity contribution in [1.82, 2.24) is 0 Å². The van der Waals surface area contributed by atoms with Gasteiger partial charge in [-0.25, -0.2) is 12.8 Å². The molecule has 0 atom stereocenters. The van der Waals surface area contributed by atoms with E-state index in [2.05, 4.69) is 20.7 Å². The normalized spacial score (nSPS) is 11.4. The molecule has 8 heteroatoms. The van der Waals surface area contributed by atoms with Crippen LogP contribution in [0.5, 0.6) is 5.75 Å².